The van der Waals surface area contributed by atoms with Crippen molar-refractivity contribution in [3.8, 4) is 5.75 Å². The number of carbonyl (C=O) groups is 2. The van der Waals surface area contributed by atoms with E-state index in [1.54, 1.807) is 30.3 Å². The van der Waals surface area contributed by atoms with Crippen molar-refractivity contribution in [2.45, 2.75) is 0 Å². The number of hydrogen-bond donors (Lipinski definition) is 1. The van der Waals surface area contributed by atoms with Gasteiger partial charge in [0.05, 0.1) is 10.5 Å². The van der Waals surface area contributed by atoms with E-state index in [9.17, 15) is 19.7 Å². The number of anilines is 2. The van der Waals surface area contributed by atoms with Crippen molar-refractivity contribution in [2.24, 2.45) is 0 Å². The number of non-ortho nitro benzene ring substituents is 1. The Kier molecular flexibility index (Phi) is 6.84. The minimum Gasteiger partial charge on any atom is -0.483 e. The first kappa shape index (κ1) is 21.8. The maximum atomic E-state index is 12.7. The zero-order valence-corrected chi connectivity index (χ0v) is 17.2. The number of ether oxygens (including phenoxy) is 1. The summed E-state index contributed by atoms with van der Waals surface area (Å²) in [6.07, 6.45) is 0. The van der Waals surface area contributed by atoms with E-state index in [2.05, 4.69) is 5.32 Å². The van der Waals surface area contributed by atoms with Crippen LogP contribution in [0.2, 0.25) is 5.02 Å². The third-order valence-corrected chi connectivity index (χ3v) is 4.63. The molecule has 0 heterocycles. The normalized spacial score (nSPS) is 10.3. The fraction of sp³-hybridized carbons (Fsp3) is 0.0909. The van der Waals surface area contributed by atoms with E-state index in [4.69, 9.17) is 16.3 Å². The Morgan fingerprint density at radius 1 is 1.06 bits per heavy atom. The lowest BCUT2D eigenvalue weighted by molar-refractivity contribution is -0.384. The standard InChI is InChI=1S/C22H18ClN3O5/c1-25(17-8-10-18(11-9-17)26(29)30)21(27)14-31-20-12-7-15(23)13-19(20)22(28)24-16-5-3-2-4-6-16/h2-13H,14H2,1H3,(H,24,28). The van der Waals surface area contributed by atoms with E-state index >= 15 is 0 Å². The molecular weight excluding hydrogens is 422 g/mol. The molecule has 0 bridgehead atoms. The molecule has 2 amide bonds. The molecule has 0 spiro atoms. The quantitative estimate of drug-likeness (QED) is 0.430. The van der Waals surface area contributed by atoms with Gasteiger partial charge in [0, 0.05) is 35.6 Å². The van der Waals surface area contributed by atoms with E-state index in [-0.39, 0.29) is 23.6 Å². The van der Waals surface area contributed by atoms with E-state index in [0.29, 0.717) is 16.4 Å². The van der Waals surface area contributed by atoms with Crippen LogP contribution in [-0.2, 0) is 4.79 Å². The predicted octanol–water partition coefficient (Wildman–Crippen LogP) is 4.54. The summed E-state index contributed by atoms with van der Waals surface area (Å²) in [4.78, 5) is 36.7. The highest BCUT2D eigenvalue weighted by Crippen LogP contribution is 2.25. The molecule has 31 heavy (non-hydrogen) atoms. The Bertz CT molecular complexity index is 1100. The Morgan fingerprint density at radius 2 is 1.74 bits per heavy atom. The number of para-hydroxylation sites is 1. The molecule has 0 aliphatic carbocycles. The van der Waals surface area contributed by atoms with Crippen LogP contribution < -0.4 is 15.0 Å². The molecule has 0 atom stereocenters. The topological polar surface area (TPSA) is 102 Å². The van der Waals surface area contributed by atoms with Crippen LogP contribution in [0.25, 0.3) is 0 Å². The summed E-state index contributed by atoms with van der Waals surface area (Å²) in [6, 6.07) is 19.0. The third-order valence-electron chi connectivity index (χ3n) is 4.39. The van der Waals surface area contributed by atoms with Crippen molar-refractivity contribution >= 4 is 40.5 Å². The summed E-state index contributed by atoms with van der Waals surface area (Å²) in [6.45, 7) is -0.346. The zero-order valence-electron chi connectivity index (χ0n) is 16.4. The fourth-order valence-corrected chi connectivity index (χ4v) is 2.88. The SMILES string of the molecule is CN(C(=O)COc1ccc(Cl)cc1C(=O)Nc1ccccc1)c1ccc([N+](=O)[O-])cc1. The summed E-state index contributed by atoms with van der Waals surface area (Å²) in [5.74, 6) is -0.638. The summed E-state index contributed by atoms with van der Waals surface area (Å²) in [7, 11) is 1.53. The number of nitro groups is 1. The summed E-state index contributed by atoms with van der Waals surface area (Å²) in [5.41, 5.74) is 1.18. The van der Waals surface area contributed by atoms with Crippen LogP contribution in [0.3, 0.4) is 0 Å². The Balaban J connectivity index is 1.70. The second-order valence-corrected chi connectivity index (χ2v) is 6.91. The number of amides is 2. The van der Waals surface area contributed by atoms with Gasteiger partial charge < -0.3 is 15.0 Å². The van der Waals surface area contributed by atoms with Crippen LogP contribution in [0.1, 0.15) is 10.4 Å². The molecule has 3 aromatic rings. The minimum absolute atomic E-state index is 0.0731. The average Bonchev–Trinajstić information content (AvgIpc) is 2.78. The number of benzene rings is 3. The Hall–Kier alpha value is -3.91. The van der Waals surface area contributed by atoms with Crippen molar-refractivity contribution in [1.29, 1.82) is 0 Å². The highest BCUT2D eigenvalue weighted by molar-refractivity contribution is 6.31. The van der Waals surface area contributed by atoms with Crippen LogP contribution in [0.4, 0.5) is 17.1 Å². The predicted molar refractivity (Wildman–Crippen MR) is 118 cm³/mol. The summed E-state index contributed by atoms with van der Waals surface area (Å²) < 4.78 is 5.60. The van der Waals surface area contributed by atoms with Crippen LogP contribution in [0.15, 0.2) is 72.8 Å². The molecule has 158 valence electrons. The van der Waals surface area contributed by atoms with E-state index in [1.165, 1.54) is 48.3 Å². The first-order valence-corrected chi connectivity index (χ1v) is 9.52. The molecule has 0 radical (unpaired) electrons. The number of hydrogen-bond acceptors (Lipinski definition) is 5. The van der Waals surface area contributed by atoms with Crippen molar-refractivity contribution < 1.29 is 19.2 Å². The van der Waals surface area contributed by atoms with Gasteiger partial charge in [-0.2, -0.15) is 0 Å². The van der Waals surface area contributed by atoms with Crippen molar-refractivity contribution in [1.82, 2.24) is 0 Å². The number of halogens is 1. The van der Waals surface area contributed by atoms with Crippen molar-refractivity contribution in [3.05, 3.63) is 93.5 Å². The molecule has 0 saturated heterocycles. The molecule has 0 aliphatic rings. The molecule has 1 N–H and O–H groups in total. The number of rotatable bonds is 7. The minimum atomic E-state index is -0.517. The van der Waals surface area contributed by atoms with Gasteiger partial charge in [0.2, 0.25) is 0 Å². The molecule has 0 saturated carbocycles. The third kappa shape index (κ3) is 5.58. The second kappa shape index (κ2) is 9.73. The lowest BCUT2D eigenvalue weighted by Gasteiger charge is -2.18. The highest BCUT2D eigenvalue weighted by atomic mass is 35.5. The van der Waals surface area contributed by atoms with Crippen molar-refractivity contribution in [2.75, 3.05) is 23.9 Å². The maximum Gasteiger partial charge on any atom is 0.269 e. The van der Waals surface area contributed by atoms with Crippen LogP contribution >= 0.6 is 11.6 Å². The first-order valence-electron chi connectivity index (χ1n) is 9.15. The van der Waals surface area contributed by atoms with Crippen LogP contribution in [0, 0.1) is 10.1 Å². The Labute approximate surface area is 183 Å². The van der Waals surface area contributed by atoms with Gasteiger partial charge in [-0.15, -0.1) is 0 Å². The van der Waals surface area contributed by atoms with Gasteiger partial charge in [-0.3, -0.25) is 19.7 Å². The first-order chi connectivity index (χ1) is 14.8. The van der Waals surface area contributed by atoms with Gasteiger partial charge in [0.25, 0.3) is 17.5 Å². The molecular formula is C22H18ClN3O5. The monoisotopic (exact) mass is 439 g/mol. The highest BCUT2D eigenvalue weighted by Gasteiger charge is 2.17. The van der Waals surface area contributed by atoms with Crippen molar-refractivity contribution in [3.63, 3.8) is 0 Å². The zero-order chi connectivity index (χ0) is 22.4. The number of nitrogens with zero attached hydrogens (tertiary/aromatic N) is 2. The maximum absolute atomic E-state index is 12.7. The number of nitro benzene ring substituents is 1. The summed E-state index contributed by atoms with van der Waals surface area (Å²) in [5, 5.41) is 13.9. The number of carbonyl (C=O) groups excluding carboxylic acids is 2. The lowest BCUT2D eigenvalue weighted by Crippen LogP contribution is -2.31. The van der Waals surface area contributed by atoms with Gasteiger partial charge in [0.1, 0.15) is 5.75 Å². The molecule has 3 rings (SSSR count). The molecule has 0 unspecified atom stereocenters. The van der Waals surface area contributed by atoms with Gasteiger partial charge >= 0.3 is 0 Å². The molecule has 8 nitrogen and oxygen atoms in total. The largest absolute Gasteiger partial charge is 0.483 e. The van der Waals surface area contributed by atoms with Gasteiger partial charge in [-0.05, 0) is 42.5 Å². The molecule has 3 aromatic carbocycles. The molecule has 9 heteroatoms. The van der Waals surface area contributed by atoms with Crippen LogP contribution in [0.5, 0.6) is 5.75 Å². The van der Waals surface area contributed by atoms with E-state index < -0.39 is 16.7 Å². The number of nitrogens with one attached hydrogen (secondary N) is 1. The van der Waals surface area contributed by atoms with Gasteiger partial charge in [-0.25, -0.2) is 0 Å². The fourth-order valence-electron chi connectivity index (χ4n) is 2.70. The molecule has 0 fully saturated rings. The summed E-state index contributed by atoms with van der Waals surface area (Å²) >= 11 is 6.03. The van der Waals surface area contributed by atoms with Gasteiger partial charge in [-0.1, -0.05) is 29.8 Å². The average molecular weight is 440 g/mol. The van der Waals surface area contributed by atoms with Gasteiger partial charge in [0.15, 0.2) is 6.61 Å². The van der Waals surface area contributed by atoms with E-state index in [0.717, 1.165) is 0 Å². The molecule has 0 aromatic heterocycles. The van der Waals surface area contributed by atoms with E-state index in [1.807, 2.05) is 6.07 Å². The lowest BCUT2D eigenvalue weighted by atomic mass is 10.1. The second-order valence-electron chi connectivity index (χ2n) is 6.48. The van der Waals surface area contributed by atoms with Crippen LogP contribution in [-0.4, -0.2) is 30.4 Å². The molecule has 0 aliphatic heterocycles. The Morgan fingerprint density at radius 3 is 2.39 bits per heavy atom. The number of likely N-dealkylation sites (N-methyl/N-ethyl adjacent to an activating group) is 1. The smallest absolute Gasteiger partial charge is 0.269 e.